The Morgan fingerprint density at radius 3 is 2.79 bits per heavy atom. The van der Waals surface area contributed by atoms with E-state index in [-0.39, 0.29) is 10.6 Å². The fourth-order valence-corrected chi connectivity index (χ4v) is 2.79. The number of benzene rings is 1. The third kappa shape index (κ3) is 3.48. The molecule has 0 unspecified atom stereocenters. The maximum Gasteiger partial charge on any atom is 0.266 e. The van der Waals surface area contributed by atoms with E-state index in [2.05, 4.69) is 12.2 Å². The average molecular weight is 361 g/mol. The van der Waals surface area contributed by atoms with Crippen molar-refractivity contribution >= 4 is 40.9 Å². The summed E-state index contributed by atoms with van der Waals surface area (Å²) >= 11 is 11.9. The van der Waals surface area contributed by atoms with Crippen LogP contribution in [-0.4, -0.2) is 5.91 Å². The van der Waals surface area contributed by atoms with Crippen molar-refractivity contribution in [3.05, 3.63) is 57.5 Å². The van der Waals surface area contributed by atoms with Gasteiger partial charge < -0.3 is 9.73 Å². The van der Waals surface area contributed by atoms with E-state index < -0.39 is 5.91 Å². The van der Waals surface area contributed by atoms with Gasteiger partial charge in [0.25, 0.3) is 5.91 Å². The minimum absolute atomic E-state index is 0.0733. The number of rotatable bonds is 4. The largest absolute Gasteiger partial charge is 0.461 e. The Labute approximate surface area is 149 Å². The van der Waals surface area contributed by atoms with Crippen molar-refractivity contribution in [3.63, 3.8) is 0 Å². The lowest BCUT2D eigenvalue weighted by Gasteiger charge is -2.07. The monoisotopic (exact) mass is 360 g/mol. The zero-order chi connectivity index (χ0) is 17.3. The molecular formula is C18H14Cl2N2O2. The predicted octanol–water partition coefficient (Wildman–Crippen LogP) is 5.26. The van der Waals surface area contributed by atoms with Crippen LogP contribution < -0.4 is 5.32 Å². The van der Waals surface area contributed by atoms with Crippen molar-refractivity contribution in [2.75, 3.05) is 5.32 Å². The van der Waals surface area contributed by atoms with Crippen LogP contribution in [0.15, 0.2) is 40.3 Å². The Morgan fingerprint density at radius 2 is 2.12 bits per heavy atom. The van der Waals surface area contributed by atoms with Crippen molar-refractivity contribution in [3.8, 4) is 6.07 Å². The molecule has 2 aromatic rings. The van der Waals surface area contributed by atoms with Gasteiger partial charge in [-0.3, -0.25) is 4.79 Å². The number of anilines is 1. The molecule has 0 bridgehead atoms. The number of halogens is 2. The maximum atomic E-state index is 12.3. The van der Waals surface area contributed by atoms with Gasteiger partial charge in [0, 0.05) is 12.0 Å². The average Bonchev–Trinajstić information content (AvgIpc) is 3.10. The highest BCUT2D eigenvalue weighted by Gasteiger charge is 2.36. The molecule has 6 heteroatoms. The third-order valence-electron chi connectivity index (χ3n) is 3.97. The topological polar surface area (TPSA) is 66.0 Å². The van der Waals surface area contributed by atoms with Gasteiger partial charge in [0.2, 0.25) is 0 Å². The smallest absolute Gasteiger partial charge is 0.266 e. The van der Waals surface area contributed by atoms with Gasteiger partial charge in [-0.05, 0) is 36.6 Å². The summed E-state index contributed by atoms with van der Waals surface area (Å²) in [4.78, 5) is 12.3. The summed E-state index contributed by atoms with van der Waals surface area (Å²) in [6, 6.07) is 10.4. The second-order valence-corrected chi connectivity index (χ2v) is 6.57. The van der Waals surface area contributed by atoms with Gasteiger partial charge in [0.15, 0.2) is 0 Å². The molecule has 4 nitrogen and oxygen atoms in total. The number of nitriles is 1. The third-order valence-corrected chi connectivity index (χ3v) is 4.79. The van der Waals surface area contributed by atoms with Crippen molar-refractivity contribution in [1.29, 1.82) is 5.26 Å². The molecule has 1 aliphatic carbocycles. The quantitative estimate of drug-likeness (QED) is 0.597. The van der Waals surface area contributed by atoms with Crippen LogP contribution in [0.1, 0.15) is 30.8 Å². The van der Waals surface area contributed by atoms with E-state index in [1.165, 1.54) is 6.08 Å². The molecule has 0 radical (unpaired) electrons. The van der Waals surface area contributed by atoms with Gasteiger partial charge in [0.05, 0.1) is 15.7 Å². The summed E-state index contributed by atoms with van der Waals surface area (Å²) < 4.78 is 5.70. The number of furan rings is 1. The molecule has 1 aromatic carbocycles. The standard InChI is InChI=1S/C18H14Cl2N2O2/c1-10-7-13(10)16-6-5-12(24-16)8-11(9-21)18(23)22-15-4-2-3-14(19)17(15)20/h2-6,8,10,13H,7H2,1H3,(H,22,23)/b11-8+/t10-,13+/m0/s1. The minimum Gasteiger partial charge on any atom is -0.461 e. The lowest BCUT2D eigenvalue weighted by molar-refractivity contribution is -0.112. The van der Waals surface area contributed by atoms with Crippen LogP contribution in [0.3, 0.4) is 0 Å². The molecule has 1 heterocycles. The van der Waals surface area contributed by atoms with Crippen LogP contribution in [-0.2, 0) is 4.79 Å². The molecule has 2 atom stereocenters. The molecule has 0 saturated heterocycles. The molecule has 24 heavy (non-hydrogen) atoms. The fourth-order valence-electron chi connectivity index (χ4n) is 2.44. The molecule has 1 fully saturated rings. The Bertz CT molecular complexity index is 864. The summed E-state index contributed by atoms with van der Waals surface area (Å²) in [5.41, 5.74) is 0.276. The molecule has 1 saturated carbocycles. The molecule has 0 spiro atoms. The van der Waals surface area contributed by atoms with E-state index in [0.29, 0.717) is 28.3 Å². The first-order valence-electron chi connectivity index (χ1n) is 7.46. The number of nitrogens with zero attached hydrogens (tertiary/aromatic N) is 1. The first kappa shape index (κ1) is 16.6. The summed E-state index contributed by atoms with van der Waals surface area (Å²) in [6.45, 7) is 2.16. The zero-order valence-corrected chi connectivity index (χ0v) is 14.4. The second-order valence-electron chi connectivity index (χ2n) is 5.78. The number of hydrogen-bond donors (Lipinski definition) is 1. The number of hydrogen-bond acceptors (Lipinski definition) is 3. The van der Waals surface area contributed by atoms with Crippen LogP contribution in [0.2, 0.25) is 10.0 Å². The Hall–Kier alpha value is -2.22. The SMILES string of the molecule is C[C@H]1C[C@H]1c1ccc(/C=C(\C#N)C(=O)Nc2cccc(Cl)c2Cl)o1. The first-order chi connectivity index (χ1) is 11.5. The van der Waals surface area contributed by atoms with E-state index in [1.54, 1.807) is 24.3 Å². The summed E-state index contributed by atoms with van der Waals surface area (Å²) in [5, 5.41) is 12.4. The molecule has 1 N–H and O–H groups in total. The van der Waals surface area contributed by atoms with E-state index >= 15 is 0 Å². The Kier molecular flexibility index (Phi) is 4.66. The van der Waals surface area contributed by atoms with Crippen molar-refractivity contribution in [1.82, 2.24) is 0 Å². The minimum atomic E-state index is -0.570. The number of carbonyl (C=O) groups excluding carboxylic acids is 1. The normalized spacial score (nSPS) is 19.7. The number of carbonyl (C=O) groups is 1. The van der Waals surface area contributed by atoms with Gasteiger partial charge in [-0.2, -0.15) is 5.26 Å². The second kappa shape index (κ2) is 6.72. The lowest BCUT2D eigenvalue weighted by atomic mass is 10.2. The van der Waals surface area contributed by atoms with E-state index in [4.69, 9.17) is 27.6 Å². The van der Waals surface area contributed by atoms with E-state index in [1.807, 2.05) is 12.1 Å². The van der Waals surface area contributed by atoms with Crippen LogP contribution in [0, 0.1) is 17.2 Å². The van der Waals surface area contributed by atoms with E-state index in [9.17, 15) is 10.1 Å². The maximum absolute atomic E-state index is 12.3. The van der Waals surface area contributed by atoms with Gasteiger partial charge in [-0.1, -0.05) is 36.2 Å². The van der Waals surface area contributed by atoms with Crippen LogP contribution in [0.5, 0.6) is 0 Å². The molecule has 1 aliphatic rings. The summed E-state index contributed by atoms with van der Waals surface area (Å²) in [5.74, 6) is 1.87. The molecule has 1 aromatic heterocycles. The number of amides is 1. The van der Waals surface area contributed by atoms with E-state index in [0.717, 1.165) is 12.2 Å². The fraction of sp³-hybridized carbons (Fsp3) is 0.222. The van der Waals surface area contributed by atoms with Gasteiger partial charge in [-0.25, -0.2) is 0 Å². The van der Waals surface area contributed by atoms with Crippen molar-refractivity contribution < 1.29 is 9.21 Å². The van der Waals surface area contributed by atoms with Crippen LogP contribution in [0.25, 0.3) is 6.08 Å². The lowest BCUT2D eigenvalue weighted by Crippen LogP contribution is -2.13. The zero-order valence-electron chi connectivity index (χ0n) is 12.8. The van der Waals surface area contributed by atoms with Gasteiger partial charge in [-0.15, -0.1) is 0 Å². The Balaban J connectivity index is 1.78. The van der Waals surface area contributed by atoms with Crippen LogP contribution in [0.4, 0.5) is 5.69 Å². The first-order valence-corrected chi connectivity index (χ1v) is 8.22. The summed E-state index contributed by atoms with van der Waals surface area (Å²) in [7, 11) is 0. The van der Waals surface area contributed by atoms with Crippen LogP contribution >= 0.6 is 23.2 Å². The molecule has 0 aliphatic heterocycles. The molecule has 122 valence electrons. The number of nitrogens with one attached hydrogen (secondary N) is 1. The van der Waals surface area contributed by atoms with Gasteiger partial charge in [0.1, 0.15) is 23.2 Å². The highest BCUT2D eigenvalue weighted by atomic mass is 35.5. The highest BCUT2D eigenvalue weighted by molar-refractivity contribution is 6.44. The Morgan fingerprint density at radius 1 is 1.38 bits per heavy atom. The van der Waals surface area contributed by atoms with Crippen molar-refractivity contribution in [2.24, 2.45) is 5.92 Å². The summed E-state index contributed by atoms with van der Waals surface area (Å²) in [6.07, 6.45) is 2.53. The van der Waals surface area contributed by atoms with Crippen molar-refractivity contribution in [2.45, 2.75) is 19.3 Å². The molecule has 3 rings (SSSR count). The molecule has 1 amide bonds. The molecular weight excluding hydrogens is 347 g/mol. The van der Waals surface area contributed by atoms with Gasteiger partial charge >= 0.3 is 0 Å². The predicted molar refractivity (Wildman–Crippen MR) is 93.9 cm³/mol. The highest BCUT2D eigenvalue weighted by Crippen LogP contribution is 2.47.